The van der Waals surface area contributed by atoms with Crippen LogP contribution in [0.3, 0.4) is 0 Å². The molecular weight excluding hydrogens is 244 g/mol. The van der Waals surface area contributed by atoms with Crippen molar-refractivity contribution in [1.29, 1.82) is 0 Å². The quantitative estimate of drug-likeness (QED) is 0.367. The van der Waals surface area contributed by atoms with E-state index in [9.17, 15) is 9.59 Å². The third kappa shape index (κ3) is 6.99. The Kier molecular flexibility index (Phi) is 8.92. The number of carbonyl (C=O) groups is 2. The molecule has 0 rings (SSSR count). The van der Waals surface area contributed by atoms with E-state index in [1.54, 1.807) is 19.9 Å². The summed E-state index contributed by atoms with van der Waals surface area (Å²) < 4.78 is 10.3. The Morgan fingerprint density at radius 2 is 1.84 bits per heavy atom. The summed E-state index contributed by atoms with van der Waals surface area (Å²) in [5.74, 6) is -1.40. The lowest BCUT2D eigenvalue weighted by Gasteiger charge is -2.21. The standard InChI is InChI=1S/C15H26O4/c1-6-9-12(10-11(4)5)19-15(17)13(7-2)14(16)18-8-3/h6,11-13H,1,7-10H2,2-5H3. The van der Waals surface area contributed by atoms with E-state index < -0.39 is 17.9 Å². The van der Waals surface area contributed by atoms with E-state index in [1.807, 2.05) is 0 Å². The second-order valence-corrected chi connectivity index (χ2v) is 4.93. The van der Waals surface area contributed by atoms with Crippen molar-refractivity contribution < 1.29 is 19.1 Å². The van der Waals surface area contributed by atoms with Crippen molar-refractivity contribution in [2.45, 2.75) is 53.1 Å². The third-order valence-electron chi connectivity index (χ3n) is 2.71. The molecule has 0 aliphatic rings. The first-order chi connectivity index (χ1) is 8.96. The topological polar surface area (TPSA) is 52.6 Å². The molecule has 0 fully saturated rings. The lowest BCUT2D eigenvalue weighted by atomic mass is 10.0. The minimum absolute atomic E-state index is 0.214. The average Bonchev–Trinajstić information content (AvgIpc) is 2.29. The Balaban J connectivity index is 4.57. The van der Waals surface area contributed by atoms with Crippen LogP contribution in [0.1, 0.15) is 47.0 Å². The predicted molar refractivity (Wildman–Crippen MR) is 74.6 cm³/mol. The van der Waals surface area contributed by atoms with Crippen LogP contribution in [0.4, 0.5) is 0 Å². The lowest BCUT2D eigenvalue weighted by molar-refractivity contribution is -0.165. The van der Waals surface area contributed by atoms with Gasteiger partial charge < -0.3 is 9.47 Å². The van der Waals surface area contributed by atoms with E-state index in [2.05, 4.69) is 20.4 Å². The largest absolute Gasteiger partial charge is 0.465 e. The van der Waals surface area contributed by atoms with Crippen molar-refractivity contribution in [3.63, 3.8) is 0 Å². The number of hydrogen-bond donors (Lipinski definition) is 0. The molecule has 0 saturated heterocycles. The summed E-state index contributed by atoms with van der Waals surface area (Å²) in [6.45, 7) is 11.5. The van der Waals surface area contributed by atoms with Gasteiger partial charge in [0, 0.05) is 6.42 Å². The van der Waals surface area contributed by atoms with Crippen LogP contribution in [0, 0.1) is 11.8 Å². The monoisotopic (exact) mass is 270 g/mol. The van der Waals surface area contributed by atoms with Gasteiger partial charge in [0.05, 0.1) is 6.61 Å². The van der Waals surface area contributed by atoms with Crippen LogP contribution in [-0.4, -0.2) is 24.6 Å². The Morgan fingerprint density at radius 3 is 2.26 bits per heavy atom. The highest BCUT2D eigenvalue weighted by molar-refractivity contribution is 5.94. The van der Waals surface area contributed by atoms with Crippen LogP contribution >= 0.6 is 0 Å². The molecule has 4 heteroatoms. The summed E-state index contributed by atoms with van der Waals surface area (Å²) in [5.41, 5.74) is 0. The van der Waals surface area contributed by atoms with Crippen molar-refractivity contribution in [2.24, 2.45) is 11.8 Å². The number of esters is 2. The van der Waals surface area contributed by atoms with E-state index in [-0.39, 0.29) is 12.7 Å². The van der Waals surface area contributed by atoms with E-state index >= 15 is 0 Å². The van der Waals surface area contributed by atoms with E-state index in [0.717, 1.165) is 6.42 Å². The molecule has 19 heavy (non-hydrogen) atoms. The molecule has 0 aliphatic carbocycles. The second-order valence-electron chi connectivity index (χ2n) is 4.93. The van der Waals surface area contributed by atoms with E-state index in [0.29, 0.717) is 18.8 Å². The van der Waals surface area contributed by atoms with Gasteiger partial charge in [0.1, 0.15) is 6.10 Å². The van der Waals surface area contributed by atoms with Gasteiger partial charge in [0.15, 0.2) is 5.92 Å². The zero-order valence-electron chi connectivity index (χ0n) is 12.5. The zero-order chi connectivity index (χ0) is 14.8. The van der Waals surface area contributed by atoms with Gasteiger partial charge in [-0.3, -0.25) is 9.59 Å². The van der Waals surface area contributed by atoms with Gasteiger partial charge >= 0.3 is 11.9 Å². The minimum Gasteiger partial charge on any atom is -0.465 e. The van der Waals surface area contributed by atoms with Crippen molar-refractivity contribution in [1.82, 2.24) is 0 Å². The molecule has 0 amide bonds. The van der Waals surface area contributed by atoms with Crippen molar-refractivity contribution in [2.75, 3.05) is 6.61 Å². The van der Waals surface area contributed by atoms with Crippen LogP contribution in [0.25, 0.3) is 0 Å². The maximum Gasteiger partial charge on any atom is 0.320 e. The molecule has 0 aliphatic heterocycles. The van der Waals surface area contributed by atoms with Crippen molar-refractivity contribution >= 4 is 11.9 Å². The maximum atomic E-state index is 12.0. The summed E-state index contributed by atoms with van der Waals surface area (Å²) >= 11 is 0. The third-order valence-corrected chi connectivity index (χ3v) is 2.71. The predicted octanol–water partition coefficient (Wildman–Crippen LogP) is 3.11. The molecule has 0 radical (unpaired) electrons. The highest BCUT2D eigenvalue weighted by Gasteiger charge is 2.29. The highest BCUT2D eigenvalue weighted by Crippen LogP contribution is 2.16. The molecule has 0 aromatic carbocycles. The summed E-state index contributed by atoms with van der Waals surface area (Å²) in [6, 6.07) is 0. The van der Waals surface area contributed by atoms with E-state index in [4.69, 9.17) is 9.47 Å². The zero-order valence-corrected chi connectivity index (χ0v) is 12.5. The molecule has 4 nitrogen and oxygen atoms in total. The Morgan fingerprint density at radius 1 is 1.21 bits per heavy atom. The molecular formula is C15H26O4. The summed E-state index contributed by atoms with van der Waals surface area (Å²) in [5, 5.41) is 0. The fourth-order valence-electron chi connectivity index (χ4n) is 1.82. The molecule has 0 aromatic heterocycles. The van der Waals surface area contributed by atoms with Gasteiger partial charge in [-0.2, -0.15) is 0 Å². The van der Waals surface area contributed by atoms with Crippen LogP contribution in [-0.2, 0) is 19.1 Å². The van der Waals surface area contributed by atoms with Gasteiger partial charge in [-0.15, -0.1) is 6.58 Å². The normalized spacial score (nSPS) is 13.7. The number of carbonyl (C=O) groups excluding carboxylic acids is 2. The molecule has 0 aromatic rings. The highest BCUT2D eigenvalue weighted by atomic mass is 16.6. The van der Waals surface area contributed by atoms with Gasteiger partial charge in [-0.05, 0) is 25.7 Å². The first-order valence-corrected chi connectivity index (χ1v) is 6.94. The lowest BCUT2D eigenvalue weighted by Crippen LogP contribution is -2.31. The second kappa shape index (κ2) is 9.59. The van der Waals surface area contributed by atoms with E-state index in [1.165, 1.54) is 0 Å². The smallest absolute Gasteiger partial charge is 0.320 e. The summed E-state index contributed by atoms with van der Waals surface area (Å²) in [6.07, 6.45) is 3.26. The summed E-state index contributed by atoms with van der Waals surface area (Å²) in [7, 11) is 0. The van der Waals surface area contributed by atoms with Crippen molar-refractivity contribution in [3.05, 3.63) is 12.7 Å². The molecule has 0 heterocycles. The molecule has 0 spiro atoms. The molecule has 110 valence electrons. The Bertz CT molecular complexity index is 297. The Hall–Kier alpha value is -1.32. The first-order valence-electron chi connectivity index (χ1n) is 6.94. The number of rotatable bonds is 9. The van der Waals surface area contributed by atoms with Crippen LogP contribution < -0.4 is 0 Å². The van der Waals surface area contributed by atoms with Crippen LogP contribution in [0.5, 0.6) is 0 Å². The van der Waals surface area contributed by atoms with Gasteiger partial charge in [0.2, 0.25) is 0 Å². The molecule has 2 atom stereocenters. The van der Waals surface area contributed by atoms with Gasteiger partial charge in [-0.25, -0.2) is 0 Å². The van der Waals surface area contributed by atoms with Gasteiger partial charge in [0.25, 0.3) is 0 Å². The fourth-order valence-corrected chi connectivity index (χ4v) is 1.82. The minimum atomic E-state index is -0.820. The Labute approximate surface area is 116 Å². The first kappa shape index (κ1) is 17.7. The van der Waals surface area contributed by atoms with Gasteiger partial charge in [-0.1, -0.05) is 26.8 Å². The number of hydrogen-bond acceptors (Lipinski definition) is 4. The van der Waals surface area contributed by atoms with Crippen LogP contribution in [0.15, 0.2) is 12.7 Å². The molecule has 0 bridgehead atoms. The molecule has 0 N–H and O–H groups in total. The summed E-state index contributed by atoms with van der Waals surface area (Å²) in [4.78, 5) is 23.6. The average molecular weight is 270 g/mol. The molecule has 2 unspecified atom stereocenters. The SMILES string of the molecule is C=CCC(CC(C)C)OC(=O)C(CC)C(=O)OCC. The fraction of sp³-hybridized carbons (Fsp3) is 0.733. The maximum absolute atomic E-state index is 12.0. The number of ether oxygens (including phenoxy) is 2. The molecule has 0 saturated carbocycles. The van der Waals surface area contributed by atoms with Crippen LogP contribution in [0.2, 0.25) is 0 Å². The van der Waals surface area contributed by atoms with Crippen molar-refractivity contribution in [3.8, 4) is 0 Å².